The van der Waals surface area contributed by atoms with Gasteiger partial charge in [0.25, 0.3) is 5.91 Å². The zero-order valence-electron chi connectivity index (χ0n) is 13.7. The molecule has 1 aliphatic rings. The molecule has 4 rings (SSSR count). The van der Waals surface area contributed by atoms with Gasteiger partial charge in [-0.2, -0.15) is 0 Å². The minimum absolute atomic E-state index is 0.0598. The van der Waals surface area contributed by atoms with Gasteiger partial charge in [-0.15, -0.1) is 11.3 Å². The molecule has 3 aromatic heterocycles. The van der Waals surface area contributed by atoms with Gasteiger partial charge in [-0.1, -0.05) is 0 Å². The molecule has 1 amide bonds. The van der Waals surface area contributed by atoms with Crippen molar-refractivity contribution in [2.75, 3.05) is 19.6 Å². The summed E-state index contributed by atoms with van der Waals surface area (Å²) in [5, 5.41) is 5.46. The average Bonchev–Trinajstić information content (AvgIpc) is 3.43. The van der Waals surface area contributed by atoms with Gasteiger partial charge in [-0.05, 0) is 50.2 Å². The molecular formula is C18H19N3O3S. The molecule has 6 nitrogen and oxygen atoms in total. The zero-order valence-corrected chi connectivity index (χ0v) is 14.5. The van der Waals surface area contributed by atoms with E-state index in [9.17, 15) is 4.79 Å². The van der Waals surface area contributed by atoms with Crippen LogP contribution in [-0.2, 0) is 0 Å². The summed E-state index contributed by atoms with van der Waals surface area (Å²) in [6, 6.07) is 7.55. The van der Waals surface area contributed by atoms with Crippen molar-refractivity contribution in [2.45, 2.75) is 18.9 Å². The van der Waals surface area contributed by atoms with Crippen molar-refractivity contribution in [2.24, 2.45) is 0 Å². The van der Waals surface area contributed by atoms with Crippen molar-refractivity contribution in [3.63, 3.8) is 0 Å². The van der Waals surface area contributed by atoms with Gasteiger partial charge in [0, 0.05) is 11.9 Å². The summed E-state index contributed by atoms with van der Waals surface area (Å²) in [5.41, 5.74) is 0.413. The average molecular weight is 357 g/mol. The van der Waals surface area contributed by atoms with Crippen LogP contribution in [0.5, 0.6) is 0 Å². The lowest BCUT2D eigenvalue weighted by molar-refractivity contribution is 0.0929. The molecule has 1 aliphatic heterocycles. The molecule has 0 radical (unpaired) electrons. The molecule has 0 aromatic carbocycles. The molecule has 4 heterocycles. The fraction of sp³-hybridized carbons (Fsp3) is 0.333. The van der Waals surface area contributed by atoms with E-state index in [0.29, 0.717) is 23.0 Å². The summed E-state index contributed by atoms with van der Waals surface area (Å²) in [4.78, 5) is 19.2. The van der Waals surface area contributed by atoms with Crippen LogP contribution in [0.3, 0.4) is 0 Å². The van der Waals surface area contributed by atoms with Crippen molar-refractivity contribution >= 4 is 17.2 Å². The number of aromatic nitrogens is 1. The van der Waals surface area contributed by atoms with E-state index in [4.69, 9.17) is 8.83 Å². The molecule has 25 heavy (non-hydrogen) atoms. The summed E-state index contributed by atoms with van der Waals surface area (Å²) in [6.07, 6.45) is 5.64. The molecule has 7 heteroatoms. The van der Waals surface area contributed by atoms with E-state index in [1.54, 1.807) is 24.0 Å². The highest BCUT2D eigenvalue weighted by Gasteiger charge is 2.26. The first-order valence-corrected chi connectivity index (χ1v) is 9.24. The largest absolute Gasteiger partial charge is 0.468 e. The van der Waals surface area contributed by atoms with Crippen LogP contribution >= 0.6 is 11.3 Å². The van der Waals surface area contributed by atoms with Gasteiger partial charge in [-0.25, -0.2) is 4.98 Å². The Bertz CT molecular complexity index is 805. The Hall–Kier alpha value is -2.38. The van der Waals surface area contributed by atoms with Crippen LogP contribution in [0.2, 0.25) is 0 Å². The summed E-state index contributed by atoms with van der Waals surface area (Å²) >= 11 is 1.40. The smallest absolute Gasteiger partial charge is 0.270 e. The molecule has 0 aliphatic carbocycles. The SMILES string of the molecule is O=C(NCC(c1ccco1)N1CCCC1)c1csc(-c2ccco2)n1. The van der Waals surface area contributed by atoms with Gasteiger partial charge in [0.05, 0.1) is 18.6 Å². The van der Waals surface area contributed by atoms with Gasteiger partial charge in [0.15, 0.2) is 10.8 Å². The molecule has 1 fully saturated rings. The molecule has 1 saturated heterocycles. The Labute approximate surface area is 149 Å². The monoisotopic (exact) mass is 357 g/mol. The summed E-state index contributed by atoms with van der Waals surface area (Å²) < 4.78 is 10.9. The third kappa shape index (κ3) is 3.52. The van der Waals surface area contributed by atoms with E-state index in [0.717, 1.165) is 18.8 Å². The first kappa shape index (κ1) is 16.1. The Morgan fingerprint density at radius 1 is 1.24 bits per heavy atom. The van der Waals surface area contributed by atoms with Crippen LogP contribution in [-0.4, -0.2) is 35.4 Å². The highest BCUT2D eigenvalue weighted by atomic mass is 32.1. The lowest BCUT2D eigenvalue weighted by Crippen LogP contribution is -2.36. The number of amides is 1. The number of nitrogens with one attached hydrogen (secondary N) is 1. The van der Waals surface area contributed by atoms with Crippen LogP contribution in [0.25, 0.3) is 10.8 Å². The molecule has 0 spiro atoms. The standard InChI is InChI=1S/C18H19N3O3S/c22-17(13-12-25-18(20-13)16-6-4-10-24-16)19-11-14(15-5-3-9-23-15)21-7-1-2-8-21/h3-6,9-10,12,14H,1-2,7-8,11H2,(H,19,22). The van der Waals surface area contributed by atoms with Crippen LogP contribution in [0, 0.1) is 0 Å². The number of hydrogen-bond donors (Lipinski definition) is 1. The number of nitrogens with zero attached hydrogens (tertiary/aromatic N) is 2. The molecule has 0 bridgehead atoms. The number of furan rings is 2. The maximum Gasteiger partial charge on any atom is 0.270 e. The minimum atomic E-state index is -0.176. The van der Waals surface area contributed by atoms with E-state index in [2.05, 4.69) is 15.2 Å². The second-order valence-corrected chi connectivity index (χ2v) is 6.86. The van der Waals surface area contributed by atoms with E-state index < -0.39 is 0 Å². The lowest BCUT2D eigenvalue weighted by atomic mass is 10.2. The van der Waals surface area contributed by atoms with Crippen molar-refractivity contribution in [3.8, 4) is 10.8 Å². The molecule has 130 valence electrons. The number of carbonyl (C=O) groups is 1. The molecule has 0 saturated carbocycles. The van der Waals surface area contributed by atoms with E-state index in [1.807, 2.05) is 18.2 Å². The van der Waals surface area contributed by atoms with Crippen LogP contribution in [0.4, 0.5) is 0 Å². The molecule has 1 unspecified atom stereocenters. The quantitative estimate of drug-likeness (QED) is 0.730. The first-order chi connectivity index (χ1) is 12.3. The van der Waals surface area contributed by atoms with Crippen LogP contribution in [0.15, 0.2) is 51.0 Å². The highest BCUT2D eigenvalue weighted by molar-refractivity contribution is 7.13. The normalized spacial score (nSPS) is 16.2. The summed E-state index contributed by atoms with van der Waals surface area (Å²) in [5.74, 6) is 1.39. The van der Waals surface area contributed by atoms with Gasteiger partial charge in [0.2, 0.25) is 0 Å². The third-order valence-electron chi connectivity index (χ3n) is 4.38. The maximum absolute atomic E-state index is 12.5. The predicted molar refractivity (Wildman–Crippen MR) is 94.4 cm³/mol. The van der Waals surface area contributed by atoms with Gasteiger partial charge >= 0.3 is 0 Å². The van der Waals surface area contributed by atoms with Gasteiger partial charge in [0.1, 0.15) is 11.5 Å². The predicted octanol–water partition coefficient (Wildman–Crippen LogP) is 3.56. The van der Waals surface area contributed by atoms with Gasteiger partial charge in [-0.3, -0.25) is 9.69 Å². The van der Waals surface area contributed by atoms with E-state index in [-0.39, 0.29) is 11.9 Å². The van der Waals surface area contributed by atoms with Crippen LogP contribution < -0.4 is 5.32 Å². The Morgan fingerprint density at radius 3 is 2.76 bits per heavy atom. The minimum Gasteiger partial charge on any atom is -0.468 e. The Morgan fingerprint density at radius 2 is 2.04 bits per heavy atom. The molecular weight excluding hydrogens is 338 g/mol. The third-order valence-corrected chi connectivity index (χ3v) is 5.23. The zero-order chi connectivity index (χ0) is 17.1. The Balaban J connectivity index is 1.43. The molecule has 1 atom stereocenters. The van der Waals surface area contributed by atoms with Crippen LogP contribution in [0.1, 0.15) is 35.1 Å². The first-order valence-electron chi connectivity index (χ1n) is 8.36. The molecule has 1 N–H and O–H groups in total. The van der Waals surface area contributed by atoms with Crippen molar-refractivity contribution < 1.29 is 13.6 Å². The second kappa shape index (κ2) is 7.25. The summed E-state index contributed by atoms with van der Waals surface area (Å²) in [7, 11) is 0. The number of thiazole rings is 1. The summed E-state index contributed by atoms with van der Waals surface area (Å²) in [6.45, 7) is 2.56. The number of carbonyl (C=O) groups excluding carboxylic acids is 1. The molecule has 3 aromatic rings. The van der Waals surface area contributed by atoms with Crippen molar-refractivity contribution in [3.05, 3.63) is 53.6 Å². The lowest BCUT2D eigenvalue weighted by Gasteiger charge is -2.25. The number of hydrogen-bond acceptors (Lipinski definition) is 6. The van der Waals surface area contributed by atoms with E-state index in [1.165, 1.54) is 24.2 Å². The van der Waals surface area contributed by atoms with Gasteiger partial charge < -0.3 is 14.2 Å². The highest BCUT2D eigenvalue weighted by Crippen LogP contribution is 2.26. The second-order valence-electron chi connectivity index (χ2n) is 6.00. The Kier molecular flexibility index (Phi) is 4.67. The fourth-order valence-corrected chi connectivity index (χ4v) is 3.88. The van der Waals surface area contributed by atoms with Crippen molar-refractivity contribution in [1.29, 1.82) is 0 Å². The topological polar surface area (TPSA) is 71.5 Å². The van der Waals surface area contributed by atoms with Crippen molar-refractivity contribution in [1.82, 2.24) is 15.2 Å². The fourth-order valence-electron chi connectivity index (χ4n) is 3.12. The van der Waals surface area contributed by atoms with E-state index >= 15 is 0 Å². The number of likely N-dealkylation sites (tertiary alicyclic amines) is 1. The number of rotatable bonds is 6. The maximum atomic E-state index is 12.5.